The van der Waals surface area contributed by atoms with E-state index in [2.05, 4.69) is 20.1 Å². The Morgan fingerprint density at radius 2 is 2.10 bits per heavy atom. The average Bonchev–Trinajstić information content (AvgIpc) is 2.68. The smallest absolute Gasteiger partial charge is 0.388 e. The number of pyridine rings is 1. The highest BCUT2D eigenvalue weighted by Gasteiger charge is 2.14. The molecule has 6 nitrogen and oxygen atoms in total. The van der Waals surface area contributed by atoms with Crippen molar-refractivity contribution in [2.45, 2.75) is 12.8 Å². The standard InChI is InChI=1S/C11H11F3N4O2/c1-18-9(20-11(13)14)3-8(17-18)16-10(19)6-2-7(12)5-15-4-6/h2-5,10-11,19H,1H3,(H,16,17). The summed E-state index contributed by atoms with van der Waals surface area (Å²) in [6.07, 6.45) is 0.971. The maximum Gasteiger partial charge on any atom is 0.388 e. The lowest BCUT2D eigenvalue weighted by atomic mass is 10.2. The number of hydrogen-bond acceptors (Lipinski definition) is 5. The third-order valence-corrected chi connectivity index (χ3v) is 2.37. The number of nitrogens with one attached hydrogen (secondary N) is 1. The van der Waals surface area contributed by atoms with Crippen LogP contribution < -0.4 is 10.1 Å². The molecule has 0 saturated heterocycles. The normalized spacial score (nSPS) is 12.5. The van der Waals surface area contributed by atoms with Gasteiger partial charge in [0.2, 0.25) is 5.88 Å². The predicted octanol–water partition coefficient (Wildman–Crippen LogP) is 1.66. The van der Waals surface area contributed by atoms with E-state index in [4.69, 9.17) is 0 Å². The molecule has 20 heavy (non-hydrogen) atoms. The first-order valence-corrected chi connectivity index (χ1v) is 5.49. The number of aromatic nitrogens is 3. The molecule has 2 N–H and O–H groups in total. The molecule has 0 aliphatic rings. The van der Waals surface area contributed by atoms with Gasteiger partial charge < -0.3 is 15.2 Å². The maximum atomic E-state index is 13.0. The largest absolute Gasteiger partial charge is 0.417 e. The van der Waals surface area contributed by atoms with Gasteiger partial charge in [-0.05, 0) is 6.07 Å². The van der Waals surface area contributed by atoms with Crippen molar-refractivity contribution >= 4 is 5.82 Å². The molecule has 0 fully saturated rings. The molecular formula is C11H11F3N4O2. The molecule has 1 unspecified atom stereocenters. The van der Waals surface area contributed by atoms with Crippen LogP contribution in [0.15, 0.2) is 24.5 Å². The summed E-state index contributed by atoms with van der Waals surface area (Å²) in [4.78, 5) is 3.58. The molecule has 2 aromatic rings. The first-order valence-electron chi connectivity index (χ1n) is 5.49. The second kappa shape index (κ2) is 5.78. The van der Waals surface area contributed by atoms with E-state index in [1.54, 1.807) is 0 Å². The van der Waals surface area contributed by atoms with Gasteiger partial charge in [0, 0.05) is 24.9 Å². The van der Waals surface area contributed by atoms with Crippen LogP contribution in [0.25, 0.3) is 0 Å². The number of aliphatic hydroxyl groups is 1. The molecule has 108 valence electrons. The van der Waals surface area contributed by atoms with Crippen molar-refractivity contribution < 1.29 is 23.0 Å². The molecule has 0 aliphatic heterocycles. The second-order valence-corrected chi connectivity index (χ2v) is 3.85. The molecule has 2 aromatic heterocycles. The molecule has 0 bridgehead atoms. The van der Waals surface area contributed by atoms with E-state index in [0.29, 0.717) is 0 Å². The molecule has 0 saturated carbocycles. The number of anilines is 1. The van der Waals surface area contributed by atoms with Crippen molar-refractivity contribution in [1.82, 2.24) is 14.8 Å². The number of aryl methyl sites for hydroxylation is 1. The zero-order chi connectivity index (χ0) is 14.7. The molecule has 2 heterocycles. The van der Waals surface area contributed by atoms with Crippen LogP contribution in [0.5, 0.6) is 5.88 Å². The summed E-state index contributed by atoms with van der Waals surface area (Å²) in [5.74, 6) is -0.682. The third kappa shape index (κ3) is 3.38. The average molecular weight is 288 g/mol. The van der Waals surface area contributed by atoms with Gasteiger partial charge in [0.25, 0.3) is 0 Å². The first kappa shape index (κ1) is 14.1. The number of alkyl halides is 2. The Balaban J connectivity index is 2.10. The summed E-state index contributed by atoms with van der Waals surface area (Å²) in [5.41, 5.74) is 0.173. The summed E-state index contributed by atoms with van der Waals surface area (Å²) in [5, 5.41) is 16.2. The molecule has 2 rings (SSSR count). The summed E-state index contributed by atoms with van der Waals surface area (Å²) in [6, 6.07) is 2.27. The minimum atomic E-state index is -2.98. The molecule has 0 aliphatic carbocycles. The molecule has 0 aromatic carbocycles. The van der Waals surface area contributed by atoms with Crippen molar-refractivity contribution in [3.63, 3.8) is 0 Å². The summed E-state index contributed by atoms with van der Waals surface area (Å²) >= 11 is 0. The van der Waals surface area contributed by atoms with Gasteiger partial charge in [0.05, 0.1) is 6.20 Å². The van der Waals surface area contributed by atoms with E-state index < -0.39 is 18.7 Å². The number of hydrogen-bond donors (Lipinski definition) is 2. The van der Waals surface area contributed by atoms with Crippen LogP contribution >= 0.6 is 0 Å². The van der Waals surface area contributed by atoms with Gasteiger partial charge in [-0.15, -0.1) is 0 Å². The van der Waals surface area contributed by atoms with Crippen LogP contribution in [-0.2, 0) is 7.05 Å². The SMILES string of the molecule is Cn1nc(NC(O)c2cncc(F)c2)cc1OC(F)F. The highest BCUT2D eigenvalue weighted by molar-refractivity contribution is 5.40. The Hall–Kier alpha value is -2.29. The summed E-state index contributed by atoms with van der Waals surface area (Å²) in [7, 11) is 1.40. The molecule has 9 heteroatoms. The lowest BCUT2D eigenvalue weighted by molar-refractivity contribution is -0.0553. The zero-order valence-electron chi connectivity index (χ0n) is 10.3. The number of rotatable bonds is 5. The number of aliphatic hydroxyl groups excluding tert-OH is 1. The van der Waals surface area contributed by atoms with Gasteiger partial charge in [-0.25, -0.2) is 9.07 Å². The van der Waals surface area contributed by atoms with Crippen LogP contribution in [0, 0.1) is 5.82 Å². The Bertz CT molecular complexity index is 591. The minimum Gasteiger partial charge on any atom is -0.417 e. The topological polar surface area (TPSA) is 72.2 Å². The number of halogens is 3. The van der Waals surface area contributed by atoms with Gasteiger partial charge >= 0.3 is 6.61 Å². The Labute approximate surface area is 111 Å². The van der Waals surface area contributed by atoms with Crippen molar-refractivity contribution in [2.75, 3.05) is 5.32 Å². The van der Waals surface area contributed by atoms with Crippen LogP contribution in [0.2, 0.25) is 0 Å². The Kier molecular flexibility index (Phi) is 4.08. The second-order valence-electron chi connectivity index (χ2n) is 3.85. The molecule has 0 radical (unpaired) electrons. The first-order chi connectivity index (χ1) is 9.45. The van der Waals surface area contributed by atoms with E-state index in [1.165, 1.54) is 19.3 Å². The van der Waals surface area contributed by atoms with E-state index in [9.17, 15) is 18.3 Å². The number of ether oxygens (including phenoxy) is 1. The van der Waals surface area contributed by atoms with Crippen LogP contribution in [-0.4, -0.2) is 26.5 Å². The van der Waals surface area contributed by atoms with E-state index in [0.717, 1.165) is 16.9 Å². The van der Waals surface area contributed by atoms with Crippen LogP contribution in [0.3, 0.4) is 0 Å². The summed E-state index contributed by atoms with van der Waals surface area (Å²) in [6.45, 7) is -2.98. The molecule has 0 spiro atoms. The molecule has 0 amide bonds. The van der Waals surface area contributed by atoms with Gasteiger partial charge in [-0.3, -0.25) is 4.98 Å². The van der Waals surface area contributed by atoms with Gasteiger partial charge in [0.1, 0.15) is 5.82 Å². The maximum absolute atomic E-state index is 13.0. The monoisotopic (exact) mass is 288 g/mol. The minimum absolute atomic E-state index is 0.0971. The van der Waals surface area contributed by atoms with Crippen molar-refractivity contribution in [3.05, 3.63) is 35.9 Å². The number of nitrogens with zero attached hydrogens (tertiary/aromatic N) is 3. The van der Waals surface area contributed by atoms with Gasteiger partial charge in [0.15, 0.2) is 12.0 Å². The molecular weight excluding hydrogens is 277 g/mol. The third-order valence-electron chi connectivity index (χ3n) is 2.37. The van der Waals surface area contributed by atoms with Crippen molar-refractivity contribution in [3.8, 4) is 5.88 Å². The highest BCUT2D eigenvalue weighted by atomic mass is 19.3. The lowest BCUT2D eigenvalue weighted by Gasteiger charge is -2.11. The molecule has 1 atom stereocenters. The van der Waals surface area contributed by atoms with Crippen molar-refractivity contribution in [2.24, 2.45) is 7.05 Å². The Morgan fingerprint density at radius 1 is 1.35 bits per heavy atom. The van der Waals surface area contributed by atoms with Gasteiger partial charge in [-0.1, -0.05) is 0 Å². The van der Waals surface area contributed by atoms with E-state index in [-0.39, 0.29) is 17.3 Å². The predicted molar refractivity (Wildman–Crippen MR) is 62.6 cm³/mol. The highest BCUT2D eigenvalue weighted by Crippen LogP contribution is 2.21. The fourth-order valence-electron chi connectivity index (χ4n) is 1.52. The zero-order valence-corrected chi connectivity index (χ0v) is 10.3. The Morgan fingerprint density at radius 3 is 2.75 bits per heavy atom. The van der Waals surface area contributed by atoms with E-state index in [1.807, 2.05) is 0 Å². The fraction of sp³-hybridized carbons (Fsp3) is 0.273. The fourth-order valence-corrected chi connectivity index (χ4v) is 1.52. The quantitative estimate of drug-likeness (QED) is 0.819. The van der Waals surface area contributed by atoms with Gasteiger partial charge in [-0.2, -0.15) is 13.9 Å². The van der Waals surface area contributed by atoms with E-state index >= 15 is 0 Å². The lowest BCUT2D eigenvalue weighted by Crippen LogP contribution is -2.11. The summed E-state index contributed by atoms with van der Waals surface area (Å²) < 4.78 is 42.4. The van der Waals surface area contributed by atoms with Crippen molar-refractivity contribution in [1.29, 1.82) is 0 Å². The van der Waals surface area contributed by atoms with Crippen LogP contribution in [0.4, 0.5) is 19.0 Å². The van der Waals surface area contributed by atoms with Crippen LogP contribution in [0.1, 0.15) is 11.8 Å².